The fourth-order valence-electron chi connectivity index (χ4n) is 0.321. The van der Waals surface area contributed by atoms with Crippen LogP contribution in [0.1, 0.15) is 0 Å². The Morgan fingerprint density at radius 1 is 1.12 bits per heavy atom. The maximum absolute atomic E-state index is 2.40. The van der Waals surface area contributed by atoms with Gasteiger partial charge in [-0.25, -0.2) is 12.1 Å². The van der Waals surface area contributed by atoms with Crippen molar-refractivity contribution in [2.24, 2.45) is 0 Å². The fraction of sp³-hybridized carbons (Fsp3) is 0. The average molecular weight is 511 g/mol. The summed E-state index contributed by atoms with van der Waals surface area (Å²) in [5.74, 6) is 0. The molecule has 0 amide bonds. The molecular weight excluding hydrogens is 506 g/mol. The van der Waals surface area contributed by atoms with Gasteiger partial charge in [0, 0.05) is 0 Å². The Labute approximate surface area is 78.8 Å². The molecule has 0 nitrogen and oxygen atoms in total. The molecule has 0 heterocycles. The molecule has 0 aliphatic carbocycles. The van der Waals surface area contributed by atoms with Gasteiger partial charge in [-0.2, -0.15) is 18.2 Å². The van der Waals surface area contributed by atoms with E-state index in [1.165, 1.54) is 0 Å². The molecule has 0 aliphatic heterocycles. The predicted molar refractivity (Wildman–Crippen MR) is 50.1 cm³/mol. The summed E-state index contributed by atoms with van der Waals surface area (Å²) in [5, 5.41) is 0. The van der Waals surface area contributed by atoms with Crippen molar-refractivity contribution in [1.82, 2.24) is 0 Å². The van der Waals surface area contributed by atoms with Crippen molar-refractivity contribution in [3.8, 4) is 0 Å². The Morgan fingerprint density at radius 3 is 1.62 bits per heavy atom. The number of hydrogen-bond acceptors (Lipinski definition) is 0. The second-order valence-electron chi connectivity index (χ2n) is 1.01. The zero-order valence-corrected chi connectivity index (χ0v) is 10.7. The Balaban J connectivity index is 0.000000145. The molecule has 48 valence electrons. The van der Waals surface area contributed by atoms with E-state index >= 15 is 0 Å². The SMILES string of the molecule is [I][Ir+][I].c1cc[cH-]c1. The zero-order valence-electron chi connectivity index (χ0n) is 3.98. The average Bonchev–Trinajstić information content (AvgIpc) is 2.17. The molecule has 0 atom stereocenters. The van der Waals surface area contributed by atoms with Crippen LogP contribution in [0, 0.1) is 0 Å². The largest absolute Gasteiger partial charge is 0.214 e. The van der Waals surface area contributed by atoms with E-state index in [4.69, 9.17) is 0 Å². The summed E-state index contributed by atoms with van der Waals surface area (Å²) in [5.41, 5.74) is 0. The zero-order chi connectivity index (χ0) is 6.24. The second-order valence-corrected chi connectivity index (χ2v) is 18.5. The van der Waals surface area contributed by atoms with Crippen molar-refractivity contribution < 1.29 is 10.5 Å². The van der Waals surface area contributed by atoms with E-state index in [-0.39, 0.29) is 0 Å². The van der Waals surface area contributed by atoms with Crippen molar-refractivity contribution >= 4 is 39.2 Å². The van der Waals surface area contributed by atoms with Gasteiger partial charge in [-0.15, -0.1) is 0 Å². The minimum Gasteiger partial charge on any atom is -0.214 e. The summed E-state index contributed by atoms with van der Waals surface area (Å²) < 4.78 is 0. The van der Waals surface area contributed by atoms with Gasteiger partial charge in [0.05, 0.1) is 0 Å². The summed E-state index contributed by atoms with van der Waals surface area (Å²) in [7, 11) is 0.440. The van der Waals surface area contributed by atoms with Crippen LogP contribution in [0.25, 0.3) is 0 Å². The first kappa shape index (κ1) is 9.46. The molecule has 0 N–H and O–H groups in total. The third kappa shape index (κ3) is 7.46. The van der Waals surface area contributed by atoms with Gasteiger partial charge < -0.3 is 0 Å². The van der Waals surface area contributed by atoms with Crippen molar-refractivity contribution in [2.45, 2.75) is 0 Å². The fourth-order valence-corrected chi connectivity index (χ4v) is 0.321. The van der Waals surface area contributed by atoms with Gasteiger partial charge in [0.25, 0.3) is 0 Å². The molecule has 1 aromatic rings. The van der Waals surface area contributed by atoms with E-state index in [1.807, 2.05) is 30.3 Å². The van der Waals surface area contributed by atoms with Gasteiger partial charge in [0.1, 0.15) is 0 Å². The Hall–Kier alpha value is 1.46. The van der Waals surface area contributed by atoms with Crippen molar-refractivity contribution in [1.29, 1.82) is 0 Å². The molecule has 0 bridgehead atoms. The van der Waals surface area contributed by atoms with Crippen LogP contribution in [-0.4, -0.2) is 0 Å². The van der Waals surface area contributed by atoms with E-state index in [0.717, 1.165) is 0 Å². The first-order chi connectivity index (χ1) is 3.91. The van der Waals surface area contributed by atoms with Crippen LogP contribution in [0.3, 0.4) is 0 Å². The molecule has 0 aromatic heterocycles. The van der Waals surface area contributed by atoms with Crippen molar-refractivity contribution in [2.75, 3.05) is 0 Å². The number of rotatable bonds is 0. The van der Waals surface area contributed by atoms with Crippen LogP contribution >= 0.6 is 39.2 Å². The Morgan fingerprint density at radius 2 is 1.50 bits per heavy atom. The molecule has 0 radical (unpaired) electrons. The van der Waals surface area contributed by atoms with Crippen LogP contribution in [0.5, 0.6) is 0 Å². The summed E-state index contributed by atoms with van der Waals surface area (Å²) >= 11 is 4.80. The van der Waals surface area contributed by atoms with E-state index in [2.05, 4.69) is 39.2 Å². The van der Waals surface area contributed by atoms with Crippen LogP contribution < -0.4 is 0 Å². The molecule has 1 aromatic carbocycles. The van der Waals surface area contributed by atoms with Gasteiger partial charge in [-0.3, -0.25) is 0 Å². The summed E-state index contributed by atoms with van der Waals surface area (Å²) in [6.07, 6.45) is 0. The number of hydrogen-bond donors (Lipinski definition) is 0. The normalized spacial score (nSPS) is 7.75. The standard InChI is InChI=1S/C5H5.2HI.Ir/c1-2-4-5-3-1;;;/h1-5H;2*1H;/q-1;;;+3/p-2. The summed E-state index contributed by atoms with van der Waals surface area (Å²) in [6.45, 7) is 0. The molecule has 0 aliphatic rings. The first-order valence-electron chi connectivity index (χ1n) is 1.92. The second kappa shape index (κ2) is 8.46. The van der Waals surface area contributed by atoms with E-state index in [1.54, 1.807) is 0 Å². The van der Waals surface area contributed by atoms with Gasteiger partial charge >= 0.3 is 49.7 Å². The van der Waals surface area contributed by atoms with Gasteiger partial charge in [0.2, 0.25) is 0 Å². The molecule has 0 unspecified atom stereocenters. The number of halogens is 2. The smallest absolute Gasteiger partial charge is 0.172 e. The molecule has 0 fully saturated rings. The molecule has 3 heteroatoms. The molecular formula is C5H5I2Ir. The Kier molecular flexibility index (Phi) is 10.0. The van der Waals surface area contributed by atoms with Crippen LogP contribution in [0.4, 0.5) is 0 Å². The molecule has 1 rings (SSSR count). The Bertz CT molecular complexity index is 77.3. The molecule has 8 heavy (non-hydrogen) atoms. The monoisotopic (exact) mass is 512 g/mol. The molecule has 0 spiro atoms. The quantitative estimate of drug-likeness (QED) is 0.371. The van der Waals surface area contributed by atoms with Gasteiger partial charge in [-0.1, -0.05) is 0 Å². The topological polar surface area (TPSA) is 0 Å². The van der Waals surface area contributed by atoms with Crippen molar-refractivity contribution in [3.05, 3.63) is 30.3 Å². The summed E-state index contributed by atoms with van der Waals surface area (Å²) in [4.78, 5) is 0. The van der Waals surface area contributed by atoms with E-state index in [0.29, 0.717) is 10.5 Å². The maximum Gasteiger partial charge on any atom is -0.172 e. The molecule has 0 saturated heterocycles. The minimum atomic E-state index is 0.440. The van der Waals surface area contributed by atoms with Crippen LogP contribution in [0.2, 0.25) is 0 Å². The first-order valence-corrected chi connectivity index (χ1v) is 15.5. The van der Waals surface area contributed by atoms with E-state index < -0.39 is 0 Å². The summed E-state index contributed by atoms with van der Waals surface area (Å²) in [6, 6.07) is 10.0. The maximum atomic E-state index is 2.40. The van der Waals surface area contributed by atoms with Crippen LogP contribution in [-0.2, 0) is 10.5 Å². The van der Waals surface area contributed by atoms with Crippen molar-refractivity contribution in [3.63, 3.8) is 0 Å². The predicted octanol–water partition coefficient (Wildman–Crippen LogP) is 3.17. The van der Waals surface area contributed by atoms with E-state index in [9.17, 15) is 0 Å². The third-order valence-corrected chi connectivity index (χ3v) is 0.556. The van der Waals surface area contributed by atoms with Crippen LogP contribution in [0.15, 0.2) is 30.3 Å². The van der Waals surface area contributed by atoms with Gasteiger partial charge in [-0.05, 0) is 0 Å². The van der Waals surface area contributed by atoms with Gasteiger partial charge in [0.15, 0.2) is 0 Å². The molecule has 0 saturated carbocycles. The minimum absolute atomic E-state index is 0.440. The third-order valence-electron chi connectivity index (χ3n) is 0.556.